The third-order valence-electron chi connectivity index (χ3n) is 5.45. The molecule has 7 heteroatoms. The molecule has 1 spiro atoms. The van der Waals surface area contributed by atoms with Crippen LogP contribution in [-0.2, 0) is 10.2 Å². The Bertz CT molecular complexity index is 1090. The predicted molar refractivity (Wildman–Crippen MR) is 105 cm³/mol. The van der Waals surface area contributed by atoms with Crippen LogP contribution in [0.3, 0.4) is 0 Å². The summed E-state index contributed by atoms with van der Waals surface area (Å²) in [5, 5.41) is 2.90. The number of aromatic nitrogens is 2. The van der Waals surface area contributed by atoms with E-state index < -0.39 is 0 Å². The van der Waals surface area contributed by atoms with E-state index in [1.807, 2.05) is 41.1 Å². The number of carbonyl (C=O) groups excluding carboxylic acids is 2. The lowest BCUT2D eigenvalue weighted by atomic mass is 9.86. The summed E-state index contributed by atoms with van der Waals surface area (Å²) in [5.74, 6) is -0.292. The van der Waals surface area contributed by atoms with E-state index in [0.29, 0.717) is 23.4 Å². The third-order valence-corrected chi connectivity index (χ3v) is 5.94. The Labute approximate surface area is 164 Å². The zero-order valence-electron chi connectivity index (χ0n) is 14.5. The van der Waals surface area contributed by atoms with Crippen molar-refractivity contribution in [2.45, 2.75) is 18.3 Å². The van der Waals surface area contributed by atoms with Crippen LogP contribution in [0.25, 0.3) is 5.65 Å². The van der Waals surface area contributed by atoms with Crippen molar-refractivity contribution in [3.8, 4) is 0 Å². The number of anilines is 1. The first-order chi connectivity index (χ1) is 13.1. The third kappa shape index (κ3) is 2.73. The largest absolute Gasteiger partial charge is 0.328 e. The van der Waals surface area contributed by atoms with Crippen LogP contribution < -0.4 is 5.32 Å². The van der Waals surface area contributed by atoms with E-state index in [4.69, 9.17) is 0 Å². The smallest absolute Gasteiger partial charge is 0.254 e. The number of hydrogen-bond donors (Lipinski definition) is 1. The summed E-state index contributed by atoms with van der Waals surface area (Å²) in [7, 11) is 0. The maximum atomic E-state index is 12.9. The van der Waals surface area contributed by atoms with Gasteiger partial charge in [-0.2, -0.15) is 0 Å². The van der Waals surface area contributed by atoms with E-state index in [-0.39, 0.29) is 23.8 Å². The van der Waals surface area contributed by atoms with Crippen LogP contribution in [0.1, 0.15) is 28.8 Å². The molecule has 2 aliphatic rings. The van der Waals surface area contributed by atoms with Crippen molar-refractivity contribution in [1.82, 2.24) is 14.3 Å². The molecule has 1 N–H and O–H groups in total. The summed E-state index contributed by atoms with van der Waals surface area (Å²) in [6.45, 7) is 0.633. The van der Waals surface area contributed by atoms with Crippen LogP contribution >= 0.6 is 15.9 Å². The second kappa shape index (κ2) is 5.92. The topological polar surface area (TPSA) is 66.7 Å². The molecule has 1 saturated carbocycles. The van der Waals surface area contributed by atoms with E-state index in [2.05, 4.69) is 32.3 Å². The second-order valence-corrected chi connectivity index (χ2v) is 8.18. The van der Waals surface area contributed by atoms with E-state index in [1.54, 1.807) is 11.1 Å². The van der Waals surface area contributed by atoms with Gasteiger partial charge in [0.15, 0.2) is 5.65 Å². The highest BCUT2D eigenvalue weighted by molar-refractivity contribution is 9.10. The summed E-state index contributed by atoms with van der Waals surface area (Å²) >= 11 is 3.50. The first-order valence-corrected chi connectivity index (χ1v) is 9.66. The van der Waals surface area contributed by atoms with Crippen molar-refractivity contribution in [2.24, 2.45) is 0 Å². The molecule has 2 aromatic heterocycles. The van der Waals surface area contributed by atoms with E-state index >= 15 is 0 Å². The summed E-state index contributed by atoms with van der Waals surface area (Å²) in [6, 6.07) is 9.46. The molecule has 2 amide bonds. The summed E-state index contributed by atoms with van der Waals surface area (Å²) in [5.41, 5.74) is 3.16. The number of carbonyl (C=O) groups is 2. The summed E-state index contributed by atoms with van der Waals surface area (Å²) in [6.07, 6.45) is 7.48. The van der Waals surface area contributed by atoms with Gasteiger partial charge in [0.05, 0.1) is 5.69 Å². The number of hydrogen-bond acceptors (Lipinski definition) is 3. The van der Waals surface area contributed by atoms with E-state index in [1.165, 1.54) is 0 Å². The van der Waals surface area contributed by atoms with Crippen LogP contribution in [-0.4, -0.2) is 39.2 Å². The molecule has 136 valence electrons. The number of nitrogens with zero attached hydrogens (tertiary/aromatic N) is 3. The van der Waals surface area contributed by atoms with Crippen molar-refractivity contribution in [1.29, 1.82) is 0 Å². The highest BCUT2D eigenvalue weighted by Crippen LogP contribution is 2.52. The zero-order chi connectivity index (χ0) is 18.6. The van der Waals surface area contributed by atoms with Crippen LogP contribution in [0.4, 0.5) is 5.69 Å². The maximum absolute atomic E-state index is 12.9. The SMILES string of the molecule is O=C(CN1CC2(CC2)c2cc(Br)ccc2C1=O)Nc1cccn2ccnc12. The fraction of sp³-hybridized carbons (Fsp3) is 0.250. The molecule has 0 bridgehead atoms. The molecule has 0 unspecified atom stereocenters. The zero-order valence-corrected chi connectivity index (χ0v) is 16.1. The minimum Gasteiger partial charge on any atom is -0.328 e. The summed E-state index contributed by atoms with van der Waals surface area (Å²) in [4.78, 5) is 31.5. The molecule has 1 aromatic carbocycles. The van der Waals surface area contributed by atoms with Crippen LogP contribution in [0.2, 0.25) is 0 Å². The number of benzene rings is 1. The van der Waals surface area contributed by atoms with Crippen LogP contribution in [0.15, 0.2) is 53.4 Å². The van der Waals surface area contributed by atoms with Gasteiger partial charge in [-0.3, -0.25) is 9.59 Å². The molecule has 3 aromatic rings. The molecule has 6 nitrogen and oxygen atoms in total. The highest BCUT2D eigenvalue weighted by Gasteiger charge is 2.51. The number of nitrogens with one attached hydrogen (secondary N) is 1. The molecular formula is C20H17BrN4O2. The Morgan fingerprint density at radius 1 is 1.26 bits per heavy atom. The highest BCUT2D eigenvalue weighted by atomic mass is 79.9. The van der Waals surface area contributed by atoms with Gasteiger partial charge in [0.25, 0.3) is 5.91 Å². The molecule has 0 radical (unpaired) electrons. The van der Waals surface area contributed by atoms with E-state index in [0.717, 1.165) is 22.9 Å². The van der Waals surface area contributed by atoms with Gasteiger partial charge in [-0.05, 0) is 48.7 Å². The first-order valence-electron chi connectivity index (χ1n) is 8.87. The molecule has 3 heterocycles. The second-order valence-electron chi connectivity index (χ2n) is 7.26. The molecule has 27 heavy (non-hydrogen) atoms. The maximum Gasteiger partial charge on any atom is 0.254 e. The van der Waals surface area contributed by atoms with Gasteiger partial charge < -0.3 is 14.6 Å². The molecule has 1 aliphatic carbocycles. The monoisotopic (exact) mass is 424 g/mol. The quantitative estimate of drug-likeness (QED) is 0.701. The minimum absolute atomic E-state index is 0.0103. The van der Waals surface area contributed by atoms with Gasteiger partial charge in [-0.15, -0.1) is 0 Å². The van der Waals surface area contributed by atoms with Crippen molar-refractivity contribution >= 4 is 39.1 Å². The van der Waals surface area contributed by atoms with Crippen molar-refractivity contribution in [3.05, 3.63) is 64.5 Å². The normalized spacial score (nSPS) is 17.2. The Hall–Kier alpha value is -2.67. The number of fused-ring (bicyclic) bond motifs is 3. The van der Waals surface area contributed by atoms with Gasteiger partial charge in [0, 0.05) is 40.6 Å². The number of pyridine rings is 1. The number of rotatable bonds is 3. The standard InChI is InChI=1S/C20H17BrN4O2/c21-13-3-4-14-15(10-13)20(5-6-20)12-25(19(14)27)11-17(26)23-16-2-1-8-24-9-7-22-18(16)24/h1-4,7-10H,5-6,11-12H2,(H,23,26). The Morgan fingerprint density at radius 2 is 2.11 bits per heavy atom. The predicted octanol–water partition coefficient (Wildman–Crippen LogP) is 3.22. The van der Waals surface area contributed by atoms with Gasteiger partial charge in [0.1, 0.15) is 6.54 Å². The lowest BCUT2D eigenvalue weighted by molar-refractivity contribution is -0.117. The number of halogens is 1. The molecule has 1 aliphatic heterocycles. The molecule has 0 saturated heterocycles. The van der Waals surface area contributed by atoms with Crippen molar-refractivity contribution < 1.29 is 9.59 Å². The average molecular weight is 425 g/mol. The fourth-order valence-electron chi connectivity index (χ4n) is 3.95. The van der Waals surface area contributed by atoms with E-state index in [9.17, 15) is 9.59 Å². The molecule has 1 fully saturated rings. The van der Waals surface area contributed by atoms with Gasteiger partial charge in [0.2, 0.25) is 5.91 Å². The van der Waals surface area contributed by atoms with Gasteiger partial charge in [-0.25, -0.2) is 4.98 Å². The molecular weight excluding hydrogens is 408 g/mol. The lowest BCUT2D eigenvalue weighted by Gasteiger charge is -2.34. The van der Waals surface area contributed by atoms with Gasteiger partial charge in [-0.1, -0.05) is 15.9 Å². The van der Waals surface area contributed by atoms with Crippen molar-refractivity contribution in [2.75, 3.05) is 18.4 Å². The molecule has 5 rings (SSSR count). The number of imidazole rings is 1. The van der Waals surface area contributed by atoms with Gasteiger partial charge >= 0.3 is 0 Å². The Morgan fingerprint density at radius 3 is 2.93 bits per heavy atom. The lowest BCUT2D eigenvalue weighted by Crippen LogP contribution is -2.46. The fourth-order valence-corrected chi connectivity index (χ4v) is 4.31. The average Bonchev–Trinajstić information content (AvgIpc) is 3.24. The Balaban J connectivity index is 1.38. The molecule has 0 atom stereocenters. The van der Waals surface area contributed by atoms with Crippen LogP contribution in [0, 0.1) is 0 Å². The Kier molecular flexibility index (Phi) is 3.62. The van der Waals surface area contributed by atoms with Crippen LogP contribution in [0.5, 0.6) is 0 Å². The van der Waals surface area contributed by atoms with Crippen molar-refractivity contribution in [3.63, 3.8) is 0 Å². The first kappa shape index (κ1) is 16.5. The summed E-state index contributed by atoms with van der Waals surface area (Å²) < 4.78 is 2.83. The minimum atomic E-state index is -0.212. The number of amides is 2.